The first-order valence-electron chi connectivity index (χ1n) is 7.38. The van der Waals surface area contributed by atoms with E-state index in [4.69, 9.17) is 13.9 Å². The summed E-state index contributed by atoms with van der Waals surface area (Å²) in [7, 11) is 1.59. The Labute approximate surface area is 137 Å². The summed E-state index contributed by atoms with van der Waals surface area (Å²) in [5.74, 6) is 1.05. The molecule has 0 unspecified atom stereocenters. The Kier molecular flexibility index (Phi) is 3.39. The molecule has 118 valence electrons. The van der Waals surface area contributed by atoms with Gasteiger partial charge in [0, 0.05) is 17.0 Å². The van der Waals surface area contributed by atoms with E-state index in [0.717, 1.165) is 16.7 Å². The van der Waals surface area contributed by atoms with Gasteiger partial charge in [-0.2, -0.15) is 0 Å². The summed E-state index contributed by atoms with van der Waals surface area (Å²) in [6, 6.07) is 16.6. The molecule has 1 aromatic heterocycles. The molecule has 2 aromatic carbocycles. The number of carbonyl (C=O) groups excluding carboxylic acids is 1. The third kappa shape index (κ3) is 2.56. The average Bonchev–Trinajstić information content (AvgIpc) is 3.18. The highest BCUT2D eigenvalue weighted by atomic mass is 16.6. The van der Waals surface area contributed by atoms with E-state index in [-0.39, 0.29) is 11.6 Å². The Morgan fingerprint density at radius 1 is 1.08 bits per heavy atom. The largest absolute Gasteiger partial charge is 0.497 e. The van der Waals surface area contributed by atoms with E-state index in [9.17, 15) is 4.79 Å². The molecule has 1 aliphatic heterocycles. The van der Waals surface area contributed by atoms with E-state index in [1.165, 1.54) is 0 Å². The van der Waals surface area contributed by atoms with Gasteiger partial charge < -0.3 is 13.9 Å². The molecule has 4 rings (SSSR count). The van der Waals surface area contributed by atoms with Gasteiger partial charge in [-0.15, -0.1) is 0 Å². The van der Waals surface area contributed by atoms with Crippen molar-refractivity contribution in [2.24, 2.45) is 4.99 Å². The summed E-state index contributed by atoms with van der Waals surface area (Å²) in [4.78, 5) is 16.3. The van der Waals surface area contributed by atoms with Gasteiger partial charge in [0.15, 0.2) is 5.70 Å². The second-order valence-corrected chi connectivity index (χ2v) is 5.25. The molecule has 0 bridgehead atoms. The minimum atomic E-state index is -0.499. The van der Waals surface area contributed by atoms with Gasteiger partial charge in [-0.1, -0.05) is 18.2 Å². The number of rotatable bonds is 3. The molecule has 3 aromatic rings. The van der Waals surface area contributed by atoms with E-state index in [0.29, 0.717) is 11.3 Å². The van der Waals surface area contributed by atoms with Gasteiger partial charge in [-0.3, -0.25) is 0 Å². The first kappa shape index (κ1) is 14.3. The van der Waals surface area contributed by atoms with Crippen LogP contribution in [0.25, 0.3) is 17.0 Å². The van der Waals surface area contributed by atoms with Crippen molar-refractivity contribution in [2.75, 3.05) is 7.11 Å². The van der Waals surface area contributed by atoms with Gasteiger partial charge >= 0.3 is 5.97 Å². The summed E-state index contributed by atoms with van der Waals surface area (Å²) in [6.45, 7) is 0. The number of benzene rings is 2. The fourth-order valence-electron chi connectivity index (χ4n) is 2.47. The van der Waals surface area contributed by atoms with Gasteiger partial charge in [0.2, 0.25) is 5.90 Å². The minimum absolute atomic E-state index is 0.208. The molecule has 0 atom stereocenters. The SMILES string of the molecule is COc1ccc(C2=N/C(=C/c3cc4ccccc4o3)C(=O)O2)cc1. The predicted octanol–water partition coefficient (Wildman–Crippen LogP) is 3.79. The van der Waals surface area contributed by atoms with Crippen molar-refractivity contribution in [1.82, 2.24) is 0 Å². The number of cyclic esters (lactones) is 1. The number of aliphatic imine (C=N–C) groups is 1. The van der Waals surface area contributed by atoms with E-state index in [1.807, 2.05) is 30.3 Å². The average molecular weight is 319 g/mol. The standard InChI is InChI=1S/C19H13NO4/c1-22-14-8-6-12(7-9-14)18-20-16(19(21)24-18)11-15-10-13-4-2-3-5-17(13)23-15/h2-11H,1H3/b16-11+. The normalized spacial score (nSPS) is 15.6. The number of nitrogens with zero attached hydrogens (tertiary/aromatic N) is 1. The molecule has 0 spiro atoms. The van der Waals surface area contributed by atoms with Crippen LogP contribution in [0.5, 0.6) is 5.75 Å². The van der Waals surface area contributed by atoms with Crippen molar-refractivity contribution in [1.29, 1.82) is 0 Å². The zero-order valence-corrected chi connectivity index (χ0v) is 12.9. The molecular formula is C19H13NO4. The zero-order valence-electron chi connectivity index (χ0n) is 12.9. The quantitative estimate of drug-likeness (QED) is 0.544. The smallest absolute Gasteiger partial charge is 0.363 e. The number of furan rings is 1. The van der Waals surface area contributed by atoms with Crippen LogP contribution in [0.15, 0.2) is 69.7 Å². The van der Waals surface area contributed by atoms with Crippen molar-refractivity contribution in [2.45, 2.75) is 0 Å². The van der Waals surface area contributed by atoms with E-state index in [2.05, 4.69) is 4.99 Å². The number of hydrogen-bond acceptors (Lipinski definition) is 5. The molecule has 5 nitrogen and oxygen atoms in total. The maximum atomic E-state index is 12.0. The first-order valence-corrected chi connectivity index (χ1v) is 7.38. The molecule has 0 saturated heterocycles. The van der Waals surface area contributed by atoms with E-state index >= 15 is 0 Å². The van der Waals surface area contributed by atoms with Crippen LogP contribution in [0.1, 0.15) is 11.3 Å². The van der Waals surface area contributed by atoms with Gasteiger partial charge in [-0.05, 0) is 36.4 Å². The highest BCUT2D eigenvalue weighted by Crippen LogP contribution is 2.24. The molecule has 24 heavy (non-hydrogen) atoms. The molecule has 0 fully saturated rings. The summed E-state index contributed by atoms with van der Waals surface area (Å²) in [6.07, 6.45) is 1.58. The topological polar surface area (TPSA) is 61.0 Å². The molecule has 0 amide bonds. The monoisotopic (exact) mass is 319 g/mol. The van der Waals surface area contributed by atoms with Crippen LogP contribution < -0.4 is 4.74 Å². The minimum Gasteiger partial charge on any atom is -0.497 e. The van der Waals surface area contributed by atoms with Crippen molar-refractivity contribution in [3.05, 3.63) is 71.6 Å². The lowest BCUT2D eigenvalue weighted by atomic mass is 10.2. The third-order valence-corrected chi connectivity index (χ3v) is 3.68. The van der Waals surface area contributed by atoms with Crippen LogP contribution in [0.4, 0.5) is 0 Å². The molecule has 2 heterocycles. The van der Waals surface area contributed by atoms with Crippen LogP contribution in [0.2, 0.25) is 0 Å². The van der Waals surface area contributed by atoms with Gasteiger partial charge in [-0.25, -0.2) is 9.79 Å². The maximum absolute atomic E-state index is 12.0. The number of esters is 1. The van der Waals surface area contributed by atoms with Crippen molar-refractivity contribution >= 4 is 28.9 Å². The fraction of sp³-hybridized carbons (Fsp3) is 0.0526. The lowest BCUT2D eigenvalue weighted by molar-refractivity contribution is -0.129. The third-order valence-electron chi connectivity index (χ3n) is 3.68. The van der Waals surface area contributed by atoms with Crippen molar-refractivity contribution in [3.8, 4) is 5.75 Å². The molecule has 0 radical (unpaired) electrons. The second kappa shape index (κ2) is 5.70. The summed E-state index contributed by atoms with van der Waals surface area (Å²) < 4.78 is 16.0. The summed E-state index contributed by atoms with van der Waals surface area (Å²) in [5.41, 5.74) is 1.67. The van der Waals surface area contributed by atoms with E-state index < -0.39 is 5.97 Å². The number of carbonyl (C=O) groups is 1. The highest BCUT2D eigenvalue weighted by Gasteiger charge is 2.24. The Morgan fingerprint density at radius 3 is 2.62 bits per heavy atom. The van der Waals surface area contributed by atoms with Crippen molar-refractivity contribution < 1.29 is 18.7 Å². The number of hydrogen-bond donors (Lipinski definition) is 0. The van der Waals surface area contributed by atoms with Crippen molar-refractivity contribution in [3.63, 3.8) is 0 Å². The lowest BCUT2D eigenvalue weighted by Crippen LogP contribution is -2.05. The Morgan fingerprint density at radius 2 is 1.88 bits per heavy atom. The Hall–Kier alpha value is -3.34. The zero-order chi connectivity index (χ0) is 16.5. The van der Waals surface area contributed by atoms with Gasteiger partial charge in [0.1, 0.15) is 17.1 Å². The fourth-order valence-corrected chi connectivity index (χ4v) is 2.47. The first-order chi connectivity index (χ1) is 11.7. The number of para-hydroxylation sites is 1. The molecular weight excluding hydrogens is 306 g/mol. The Balaban J connectivity index is 1.67. The van der Waals surface area contributed by atoms with Crippen LogP contribution in [0, 0.1) is 0 Å². The Bertz CT molecular complexity index is 947. The lowest BCUT2D eigenvalue weighted by Gasteiger charge is -2.01. The molecule has 0 aliphatic carbocycles. The molecule has 5 heteroatoms. The van der Waals surface area contributed by atoms with Crippen LogP contribution in [0.3, 0.4) is 0 Å². The second-order valence-electron chi connectivity index (χ2n) is 5.25. The van der Waals surface area contributed by atoms with Crippen LogP contribution in [-0.2, 0) is 9.53 Å². The van der Waals surface area contributed by atoms with Crippen LogP contribution in [-0.4, -0.2) is 19.0 Å². The molecule has 0 saturated carbocycles. The molecule has 0 N–H and O–H groups in total. The van der Waals surface area contributed by atoms with Gasteiger partial charge in [0.25, 0.3) is 0 Å². The predicted molar refractivity (Wildman–Crippen MR) is 89.8 cm³/mol. The summed E-state index contributed by atoms with van der Waals surface area (Å²) >= 11 is 0. The highest BCUT2D eigenvalue weighted by molar-refractivity contribution is 6.12. The number of methoxy groups -OCH3 is 1. The van der Waals surface area contributed by atoms with E-state index in [1.54, 1.807) is 37.5 Å². The maximum Gasteiger partial charge on any atom is 0.363 e. The summed E-state index contributed by atoms with van der Waals surface area (Å²) in [5, 5.41) is 0.968. The van der Waals surface area contributed by atoms with Crippen LogP contribution >= 0.6 is 0 Å². The number of ether oxygens (including phenoxy) is 2. The molecule has 1 aliphatic rings. The van der Waals surface area contributed by atoms with Gasteiger partial charge in [0.05, 0.1) is 7.11 Å². The number of fused-ring (bicyclic) bond motifs is 1.